The molecule has 0 aliphatic carbocycles. The molecule has 3 heterocycles. The largest absolute Gasteiger partial charge is 0.389 e. The Hall–Kier alpha value is -3.05. The number of alkyl halides is 2. The summed E-state index contributed by atoms with van der Waals surface area (Å²) in [6.07, 6.45) is 1.40. The molecule has 1 saturated heterocycles. The molecule has 164 valence electrons. The zero-order valence-electron chi connectivity index (χ0n) is 16.9. The molecule has 3 aromatic rings. The average molecular weight is 448 g/mol. The SMILES string of the molecule is Cc1ccccc1-c1nc(C(=O)Nc2cn[nH]c2N2CCC(N)CC(F)(F)C2)c(N)s1. The van der Waals surface area contributed by atoms with Gasteiger partial charge >= 0.3 is 0 Å². The Morgan fingerprint density at radius 1 is 1.39 bits per heavy atom. The molecule has 1 aromatic carbocycles. The molecule has 2 aromatic heterocycles. The van der Waals surface area contributed by atoms with E-state index in [2.05, 4.69) is 20.5 Å². The Bertz CT molecular complexity index is 1100. The van der Waals surface area contributed by atoms with Crippen LogP contribution in [0.3, 0.4) is 0 Å². The monoisotopic (exact) mass is 447 g/mol. The first-order valence-corrected chi connectivity index (χ1v) is 10.6. The Morgan fingerprint density at radius 3 is 2.94 bits per heavy atom. The van der Waals surface area contributed by atoms with Crippen LogP contribution >= 0.6 is 11.3 Å². The van der Waals surface area contributed by atoms with Gasteiger partial charge in [-0.2, -0.15) is 5.10 Å². The van der Waals surface area contributed by atoms with Gasteiger partial charge in [0.25, 0.3) is 11.8 Å². The number of benzene rings is 1. The van der Waals surface area contributed by atoms with Crippen molar-refractivity contribution in [3.05, 3.63) is 41.7 Å². The van der Waals surface area contributed by atoms with E-state index in [9.17, 15) is 13.6 Å². The molecule has 0 spiro atoms. The van der Waals surface area contributed by atoms with Crippen molar-refractivity contribution in [2.24, 2.45) is 5.73 Å². The van der Waals surface area contributed by atoms with Crippen LogP contribution < -0.4 is 21.7 Å². The zero-order chi connectivity index (χ0) is 22.2. The van der Waals surface area contributed by atoms with Gasteiger partial charge in [0.1, 0.15) is 21.5 Å². The van der Waals surface area contributed by atoms with Gasteiger partial charge in [-0.3, -0.25) is 9.89 Å². The lowest BCUT2D eigenvalue weighted by atomic mass is 10.1. The first-order chi connectivity index (χ1) is 14.7. The third-order valence-corrected chi connectivity index (χ3v) is 6.10. The van der Waals surface area contributed by atoms with Gasteiger partial charge in [0.2, 0.25) is 0 Å². The van der Waals surface area contributed by atoms with Gasteiger partial charge in [-0.25, -0.2) is 13.8 Å². The van der Waals surface area contributed by atoms with E-state index in [1.807, 2.05) is 31.2 Å². The van der Waals surface area contributed by atoms with Crippen molar-refractivity contribution in [3.8, 4) is 10.6 Å². The van der Waals surface area contributed by atoms with Crippen LogP contribution in [0, 0.1) is 6.92 Å². The van der Waals surface area contributed by atoms with Crippen molar-refractivity contribution in [3.63, 3.8) is 0 Å². The Kier molecular flexibility index (Phi) is 5.63. The lowest BCUT2D eigenvalue weighted by Gasteiger charge is -2.25. The smallest absolute Gasteiger partial charge is 0.277 e. The number of nitrogens with zero attached hydrogens (tertiary/aromatic N) is 3. The molecule has 11 heteroatoms. The number of hydrogen-bond acceptors (Lipinski definition) is 7. The highest BCUT2D eigenvalue weighted by Gasteiger charge is 2.38. The maximum absolute atomic E-state index is 14.2. The fourth-order valence-electron chi connectivity index (χ4n) is 3.64. The number of nitrogens with two attached hydrogens (primary N) is 2. The number of amides is 1. The van der Waals surface area contributed by atoms with Crippen LogP contribution in [-0.2, 0) is 0 Å². The van der Waals surface area contributed by atoms with Gasteiger partial charge in [-0.1, -0.05) is 35.6 Å². The number of H-pyrrole nitrogens is 1. The maximum atomic E-state index is 14.2. The number of thiazole rings is 1. The van der Waals surface area contributed by atoms with Crippen LogP contribution in [0.4, 0.5) is 25.3 Å². The van der Waals surface area contributed by atoms with Crippen molar-refractivity contribution < 1.29 is 13.6 Å². The molecule has 4 rings (SSSR count). The highest BCUT2D eigenvalue weighted by molar-refractivity contribution is 7.19. The van der Waals surface area contributed by atoms with Crippen LogP contribution in [0.1, 0.15) is 28.9 Å². The molecule has 1 fully saturated rings. The summed E-state index contributed by atoms with van der Waals surface area (Å²) in [4.78, 5) is 18.7. The molecule has 1 aliphatic heterocycles. The van der Waals surface area contributed by atoms with Gasteiger partial charge in [0, 0.05) is 24.6 Å². The Morgan fingerprint density at radius 2 is 2.16 bits per heavy atom. The van der Waals surface area contributed by atoms with Crippen molar-refractivity contribution in [1.29, 1.82) is 0 Å². The molecular formula is C20H23F2N7OS. The minimum absolute atomic E-state index is 0.0821. The number of aromatic amines is 1. The second-order valence-corrected chi connectivity index (χ2v) is 8.69. The van der Waals surface area contributed by atoms with Crippen molar-refractivity contribution in [2.45, 2.75) is 31.7 Å². The highest BCUT2D eigenvalue weighted by atomic mass is 32.1. The van der Waals surface area contributed by atoms with Gasteiger partial charge in [0.05, 0.1) is 12.7 Å². The van der Waals surface area contributed by atoms with E-state index < -0.39 is 24.4 Å². The molecule has 1 amide bonds. The van der Waals surface area contributed by atoms with E-state index in [4.69, 9.17) is 11.5 Å². The lowest BCUT2D eigenvalue weighted by Crippen LogP contribution is -2.36. The van der Waals surface area contributed by atoms with Gasteiger partial charge < -0.3 is 21.7 Å². The van der Waals surface area contributed by atoms with E-state index in [-0.39, 0.29) is 22.8 Å². The second kappa shape index (κ2) is 8.23. The first kappa shape index (κ1) is 21.2. The molecule has 1 unspecified atom stereocenters. The number of aromatic nitrogens is 3. The molecule has 0 radical (unpaired) electrons. The van der Waals surface area contributed by atoms with Crippen LogP contribution in [-0.4, -0.2) is 46.1 Å². The first-order valence-electron chi connectivity index (χ1n) is 9.79. The summed E-state index contributed by atoms with van der Waals surface area (Å²) in [6, 6.07) is 7.08. The van der Waals surface area contributed by atoms with Crippen LogP contribution in [0.2, 0.25) is 0 Å². The molecule has 31 heavy (non-hydrogen) atoms. The fourth-order valence-corrected chi connectivity index (χ4v) is 4.56. The summed E-state index contributed by atoms with van der Waals surface area (Å²) in [7, 11) is 0. The molecule has 0 bridgehead atoms. The van der Waals surface area contributed by atoms with E-state index in [0.717, 1.165) is 11.1 Å². The quantitative estimate of drug-likeness (QED) is 0.486. The number of aryl methyl sites for hydroxylation is 1. The standard InChI is InChI=1S/C20H23F2N7OS/c1-11-4-2-3-5-13(11)19-27-15(16(24)31-19)18(30)26-14-9-25-28-17(14)29-7-6-12(23)8-20(21,22)10-29/h2-5,9,12H,6-8,10,23-24H2,1H3,(H,25,28)(H,26,30). The highest BCUT2D eigenvalue weighted by Crippen LogP contribution is 2.34. The van der Waals surface area contributed by atoms with E-state index in [1.54, 1.807) is 0 Å². The predicted octanol–water partition coefficient (Wildman–Crippen LogP) is 3.24. The number of carbonyl (C=O) groups is 1. The minimum atomic E-state index is -2.94. The Balaban J connectivity index is 1.56. The summed E-state index contributed by atoms with van der Waals surface area (Å²) in [5.74, 6) is -3.17. The lowest BCUT2D eigenvalue weighted by molar-refractivity contribution is -0.000451. The number of rotatable bonds is 4. The topological polar surface area (TPSA) is 126 Å². The third-order valence-electron chi connectivity index (χ3n) is 5.18. The maximum Gasteiger partial charge on any atom is 0.277 e. The molecule has 8 nitrogen and oxygen atoms in total. The van der Waals surface area contributed by atoms with Crippen LogP contribution in [0.25, 0.3) is 10.6 Å². The second-order valence-electron chi connectivity index (χ2n) is 7.66. The Labute approximate surface area is 181 Å². The average Bonchev–Trinajstić information content (AvgIpc) is 3.28. The third kappa shape index (κ3) is 4.52. The van der Waals surface area contributed by atoms with Crippen molar-refractivity contribution in [2.75, 3.05) is 29.0 Å². The van der Waals surface area contributed by atoms with Gasteiger partial charge in [-0.15, -0.1) is 0 Å². The molecular weight excluding hydrogens is 424 g/mol. The zero-order valence-corrected chi connectivity index (χ0v) is 17.7. The van der Waals surface area contributed by atoms with Gasteiger partial charge in [-0.05, 0) is 18.9 Å². The molecule has 6 N–H and O–H groups in total. The van der Waals surface area contributed by atoms with Crippen molar-refractivity contribution >= 4 is 33.8 Å². The molecule has 0 saturated carbocycles. The van der Waals surface area contributed by atoms with E-state index >= 15 is 0 Å². The van der Waals surface area contributed by atoms with Crippen LogP contribution in [0.5, 0.6) is 0 Å². The minimum Gasteiger partial charge on any atom is -0.389 e. The fraction of sp³-hybridized carbons (Fsp3) is 0.350. The summed E-state index contributed by atoms with van der Waals surface area (Å²) < 4.78 is 28.4. The molecule has 1 atom stereocenters. The summed E-state index contributed by atoms with van der Waals surface area (Å²) >= 11 is 1.22. The number of carbonyl (C=O) groups excluding carboxylic acids is 1. The number of halogens is 2. The number of hydrogen-bond donors (Lipinski definition) is 4. The van der Waals surface area contributed by atoms with Crippen molar-refractivity contribution in [1.82, 2.24) is 15.2 Å². The van der Waals surface area contributed by atoms with Gasteiger partial charge in [0.15, 0.2) is 5.69 Å². The summed E-state index contributed by atoms with van der Waals surface area (Å²) in [5, 5.41) is 10.2. The summed E-state index contributed by atoms with van der Waals surface area (Å²) in [6.45, 7) is 1.76. The van der Waals surface area contributed by atoms with E-state index in [0.29, 0.717) is 23.8 Å². The number of nitrogen functional groups attached to an aromatic ring is 1. The van der Waals surface area contributed by atoms with E-state index in [1.165, 1.54) is 22.4 Å². The molecule has 1 aliphatic rings. The van der Waals surface area contributed by atoms with Crippen LogP contribution in [0.15, 0.2) is 30.5 Å². The normalized spacial score (nSPS) is 18.6. The summed E-state index contributed by atoms with van der Waals surface area (Å²) in [5.41, 5.74) is 14.1. The number of anilines is 3. The number of nitrogens with one attached hydrogen (secondary N) is 2. The predicted molar refractivity (Wildman–Crippen MR) is 118 cm³/mol.